The highest BCUT2D eigenvalue weighted by Crippen LogP contribution is 2.34. The van der Waals surface area contributed by atoms with E-state index in [2.05, 4.69) is 12.0 Å². The number of nitrogen functional groups attached to an aromatic ring is 1. The van der Waals surface area contributed by atoms with Crippen molar-refractivity contribution in [1.29, 1.82) is 0 Å². The number of aromatic nitrogens is 2. The van der Waals surface area contributed by atoms with Crippen LogP contribution in [0.2, 0.25) is 0 Å². The highest BCUT2D eigenvalue weighted by Gasteiger charge is 2.26. The van der Waals surface area contributed by atoms with Crippen LogP contribution in [-0.2, 0) is 6.54 Å². The molecule has 1 aliphatic rings. The summed E-state index contributed by atoms with van der Waals surface area (Å²) in [5, 5.41) is 4.16. The van der Waals surface area contributed by atoms with Gasteiger partial charge in [-0.15, -0.1) is 0 Å². The Kier molecular flexibility index (Phi) is 1.79. The van der Waals surface area contributed by atoms with E-state index in [1.807, 2.05) is 10.9 Å². The van der Waals surface area contributed by atoms with Gasteiger partial charge in [0.1, 0.15) is 0 Å². The molecule has 0 bridgehead atoms. The van der Waals surface area contributed by atoms with E-state index in [0.717, 1.165) is 24.1 Å². The minimum Gasteiger partial charge on any atom is -0.396 e. The lowest BCUT2D eigenvalue weighted by Crippen LogP contribution is -2.27. The molecule has 0 aliphatic heterocycles. The van der Waals surface area contributed by atoms with Gasteiger partial charge in [0.2, 0.25) is 0 Å². The second kappa shape index (κ2) is 2.81. The third kappa shape index (κ3) is 1.31. The van der Waals surface area contributed by atoms with E-state index >= 15 is 0 Å². The highest BCUT2D eigenvalue weighted by atomic mass is 15.3. The van der Waals surface area contributed by atoms with Gasteiger partial charge in [0.15, 0.2) is 0 Å². The van der Waals surface area contributed by atoms with Gasteiger partial charge in [0, 0.05) is 12.7 Å². The van der Waals surface area contributed by atoms with E-state index in [9.17, 15) is 0 Å². The van der Waals surface area contributed by atoms with E-state index in [-0.39, 0.29) is 0 Å². The molecule has 2 atom stereocenters. The van der Waals surface area contributed by atoms with Crippen LogP contribution in [0, 0.1) is 11.8 Å². The van der Waals surface area contributed by atoms with Crippen molar-refractivity contribution in [3.8, 4) is 0 Å². The largest absolute Gasteiger partial charge is 0.396 e. The third-order valence-electron chi connectivity index (χ3n) is 2.87. The van der Waals surface area contributed by atoms with Crippen LogP contribution < -0.4 is 5.73 Å². The SMILES string of the molecule is C[C@@H]1CC[C@@H]1Cn1cc(N)cn1. The molecule has 0 amide bonds. The number of rotatable bonds is 2. The number of anilines is 1. The third-order valence-corrected chi connectivity index (χ3v) is 2.87. The molecule has 1 aromatic rings. The molecule has 66 valence electrons. The summed E-state index contributed by atoms with van der Waals surface area (Å²) in [5.41, 5.74) is 6.33. The van der Waals surface area contributed by atoms with Crippen molar-refractivity contribution in [2.45, 2.75) is 26.3 Å². The first kappa shape index (κ1) is 7.65. The summed E-state index contributed by atoms with van der Waals surface area (Å²) >= 11 is 0. The lowest BCUT2D eigenvalue weighted by atomic mass is 9.75. The average Bonchev–Trinajstić information content (AvgIpc) is 2.44. The fraction of sp³-hybridized carbons (Fsp3) is 0.667. The Morgan fingerprint density at radius 3 is 2.92 bits per heavy atom. The Balaban J connectivity index is 1.95. The minimum atomic E-state index is 0.766. The fourth-order valence-corrected chi connectivity index (χ4v) is 1.73. The molecule has 0 saturated heterocycles. The molecule has 0 radical (unpaired) electrons. The normalized spacial score (nSPS) is 28.4. The molecule has 12 heavy (non-hydrogen) atoms. The fourth-order valence-electron chi connectivity index (χ4n) is 1.73. The first-order valence-corrected chi connectivity index (χ1v) is 4.53. The van der Waals surface area contributed by atoms with Gasteiger partial charge < -0.3 is 5.73 Å². The van der Waals surface area contributed by atoms with Crippen LogP contribution in [0.1, 0.15) is 19.8 Å². The van der Waals surface area contributed by atoms with Gasteiger partial charge in [0.05, 0.1) is 11.9 Å². The van der Waals surface area contributed by atoms with E-state index in [1.54, 1.807) is 6.20 Å². The lowest BCUT2D eigenvalue weighted by Gasteiger charge is -2.33. The first-order valence-electron chi connectivity index (χ1n) is 4.53. The van der Waals surface area contributed by atoms with Crippen LogP contribution in [0.15, 0.2) is 12.4 Å². The van der Waals surface area contributed by atoms with Crippen molar-refractivity contribution in [3.63, 3.8) is 0 Å². The highest BCUT2D eigenvalue weighted by molar-refractivity contribution is 5.30. The summed E-state index contributed by atoms with van der Waals surface area (Å²) in [4.78, 5) is 0. The van der Waals surface area contributed by atoms with Crippen molar-refractivity contribution in [1.82, 2.24) is 9.78 Å². The average molecular weight is 165 g/mol. The van der Waals surface area contributed by atoms with Crippen LogP contribution >= 0.6 is 0 Å². The van der Waals surface area contributed by atoms with Gasteiger partial charge in [-0.1, -0.05) is 13.3 Å². The van der Waals surface area contributed by atoms with Gasteiger partial charge >= 0.3 is 0 Å². The van der Waals surface area contributed by atoms with E-state index < -0.39 is 0 Å². The summed E-state index contributed by atoms with van der Waals surface area (Å²) in [6.45, 7) is 3.35. The summed E-state index contributed by atoms with van der Waals surface area (Å²) in [6, 6.07) is 0. The molecule has 1 heterocycles. The number of nitrogens with two attached hydrogens (primary N) is 1. The maximum atomic E-state index is 5.57. The molecule has 3 nitrogen and oxygen atoms in total. The zero-order chi connectivity index (χ0) is 8.55. The van der Waals surface area contributed by atoms with Gasteiger partial charge in [-0.25, -0.2) is 0 Å². The standard InChI is InChI=1S/C9H15N3/c1-7-2-3-8(7)5-12-6-9(10)4-11-12/h4,6-8H,2-3,5,10H2,1H3/t7-,8-/m1/s1. The van der Waals surface area contributed by atoms with Gasteiger partial charge in [-0.3, -0.25) is 4.68 Å². The summed E-state index contributed by atoms with van der Waals surface area (Å²) < 4.78 is 1.95. The molecule has 1 aliphatic carbocycles. The van der Waals surface area contributed by atoms with Crippen LogP contribution in [-0.4, -0.2) is 9.78 Å². The molecule has 3 heteroatoms. The van der Waals surface area contributed by atoms with Crippen molar-refractivity contribution in [3.05, 3.63) is 12.4 Å². The Labute approximate surface area is 72.6 Å². The zero-order valence-electron chi connectivity index (χ0n) is 7.40. The molecule has 0 spiro atoms. The smallest absolute Gasteiger partial charge is 0.0719 e. The summed E-state index contributed by atoms with van der Waals surface area (Å²) in [6.07, 6.45) is 6.34. The topological polar surface area (TPSA) is 43.8 Å². The molecule has 2 rings (SSSR count). The minimum absolute atomic E-state index is 0.766. The Bertz CT molecular complexity index is 266. The van der Waals surface area contributed by atoms with Gasteiger partial charge in [0.25, 0.3) is 0 Å². The van der Waals surface area contributed by atoms with Gasteiger partial charge in [-0.2, -0.15) is 5.10 Å². The molecule has 0 aromatic carbocycles. The van der Waals surface area contributed by atoms with Crippen molar-refractivity contribution in [2.24, 2.45) is 11.8 Å². The maximum Gasteiger partial charge on any atom is 0.0719 e. The second-order valence-electron chi connectivity index (χ2n) is 3.81. The Hall–Kier alpha value is -0.990. The van der Waals surface area contributed by atoms with E-state index in [4.69, 9.17) is 5.73 Å². The van der Waals surface area contributed by atoms with Crippen LogP contribution in [0.3, 0.4) is 0 Å². The Morgan fingerprint density at radius 2 is 2.50 bits per heavy atom. The summed E-state index contributed by atoms with van der Waals surface area (Å²) in [7, 11) is 0. The maximum absolute atomic E-state index is 5.57. The van der Waals surface area contributed by atoms with Crippen molar-refractivity contribution >= 4 is 5.69 Å². The molecular formula is C9H15N3. The number of hydrogen-bond donors (Lipinski definition) is 1. The lowest BCUT2D eigenvalue weighted by molar-refractivity contribution is 0.165. The van der Waals surface area contributed by atoms with E-state index in [0.29, 0.717) is 0 Å². The predicted molar refractivity (Wildman–Crippen MR) is 48.5 cm³/mol. The first-order chi connectivity index (χ1) is 5.75. The monoisotopic (exact) mass is 165 g/mol. The molecule has 0 unspecified atom stereocenters. The van der Waals surface area contributed by atoms with Crippen molar-refractivity contribution in [2.75, 3.05) is 5.73 Å². The molecular weight excluding hydrogens is 150 g/mol. The van der Waals surface area contributed by atoms with Crippen LogP contribution in [0.4, 0.5) is 5.69 Å². The van der Waals surface area contributed by atoms with Crippen LogP contribution in [0.25, 0.3) is 0 Å². The van der Waals surface area contributed by atoms with Crippen LogP contribution in [0.5, 0.6) is 0 Å². The molecule has 1 saturated carbocycles. The molecule has 2 N–H and O–H groups in total. The summed E-state index contributed by atoms with van der Waals surface area (Å²) in [5.74, 6) is 1.69. The predicted octanol–water partition coefficient (Wildman–Crippen LogP) is 1.51. The van der Waals surface area contributed by atoms with Gasteiger partial charge in [-0.05, 0) is 18.3 Å². The Morgan fingerprint density at radius 1 is 1.67 bits per heavy atom. The second-order valence-corrected chi connectivity index (χ2v) is 3.81. The molecule has 1 fully saturated rings. The van der Waals surface area contributed by atoms with E-state index in [1.165, 1.54) is 12.8 Å². The molecule has 1 aromatic heterocycles. The zero-order valence-corrected chi connectivity index (χ0v) is 7.40. The quantitative estimate of drug-likeness (QED) is 0.722. The number of nitrogens with zero attached hydrogens (tertiary/aromatic N) is 2. The number of hydrogen-bond acceptors (Lipinski definition) is 2. The van der Waals surface area contributed by atoms with Crippen molar-refractivity contribution < 1.29 is 0 Å².